The van der Waals surface area contributed by atoms with E-state index < -0.39 is 10.8 Å². The second-order valence-electron chi connectivity index (χ2n) is 8.60. The van der Waals surface area contributed by atoms with Gasteiger partial charge in [0, 0.05) is 48.3 Å². The van der Waals surface area contributed by atoms with Gasteiger partial charge in [0.15, 0.2) is 5.76 Å². The van der Waals surface area contributed by atoms with E-state index in [0.29, 0.717) is 61.4 Å². The summed E-state index contributed by atoms with van der Waals surface area (Å²) in [4.78, 5) is 49.5. The van der Waals surface area contributed by atoms with Crippen molar-refractivity contribution in [2.24, 2.45) is 11.0 Å². The van der Waals surface area contributed by atoms with Gasteiger partial charge in [-0.05, 0) is 38.7 Å². The van der Waals surface area contributed by atoms with Gasteiger partial charge in [-0.25, -0.2) is 5.43 Å². The Bertz CT molecular complexity index is 1210. The van der Waals surface area contributed by atoms with Gasteiger partial charge in [-0.2, -0.15) is 5.10 Å². The summed E-state index contributed by atoms with van der Waals surface area (Å²) in [6, 6.07) is 5.40. The lowest BCUT2D eigenvalue weighted by Crippen LogP contribution is -2.40. The van der Waals surface area contributed by atoms with Crippen LogP contribution in [0.3, 0.4) is 0 Å². The summed E-state index contributed by atoms with van der Waals surface area (Å²) in [6.07, 6.45) is 3.04. The average molecular weight is 482 g/mol. The molecule has 35 heavy (non-hydrogen) atoms. The molecule has 1 aliphatic carbocycles. The van der Waals surface area contributed by atoms with Crippen LogP contribution in [0.2, 0.25) is 0 Å². The van der Waals surface area contributed by atoms with E-state index in [2.05, 4.69) is 10.5 Å². The summed E-state index contributed by atoms with van der Waals surface area (Å²) < 4.78 is 10.8. The zero-order valence-corrected chi connectivity index (χ0v) is 19.5. The van der Waals surface area contributed by atoms with Gasteiger partial charge < -0.3 is 14.1 Å². The highest BCUT2D eigenvalue weighted by molar-refractivity contribution is 6.07. The smallest absolute Gasteiger partial charge is 0.308 e. The molecule has 11 nitrogen and oxygen atoms in total. The van der Waals surface area contributed by atoms with Crippen LogP contribution in [0.15, 0.2) is 33.8 Å². The SMILES string of the molecule is COC(=O)C1CCN(C(=O)c2oc3c(c2C)/C(=N/NC(=O)c2cccc([N+](=O)[O-])c2)CCC3)CC1. The molecule has 2 heterocycles. The van der Waals surface area contributed by atoms with Crippen LogP contribution in [-0.4, -0.2) is 53.5 Å². The number of esters is 1. The molecular weight excluding hydrogens is 456 g/mol. The Morgan fingerprint density at radius 3 is 2.66 bits per heavy atom. The number of ether oxygens (including phenoxy) is 1. The minimum Gasteiger partial charge on any atom is -0.469 e. The van der Waals surface area contributed by atoms with Crippen molar-refractivity contribution in [3.8, 4) is 0 Å². The fourth-order valence-electron chi connectivity index (χ4n) is 4.56. The first-order valence-corrected chi connectivity index (χ1v) is 11.4. The minimum atomic E-state index is -0.570. The number of nitro benzene ring substituents is 1. The maximum absolute atomic E-state index is 13.2. The first kappa shape index (κ1) is 24.1. The van der Waals surface area contributed by atoms with Crippen molar-refractivity contribution in [2.45, 2.75) is 39.0 Å². The van der Waals surface area contributed by atoms with Gasteiger partial charge in [0.05, 0.1) is 23.7 Å². The number of nitro groups is 1. The van der Waals surface area contributed by atoms with Crippen LogP contribution >= 0.6 is 0 Å². The fraction of sp³-hybridized carbons (Fsp3) is 0.417. The van der Waals surface area contributed by atoms with Gasteiger partial charge in [-0.3, -0.25) is 24.5 Å². The normalized spacial score (nSPS) is 17.1. The van der Waals surface area contributed by atoms with Crippen molar-refractivity contribution < 1.29 is 28.5 Å². The Labute approximate surface area is 201 Å². The van der Waals surface area contributed by atoms with Crippen LogP contribution in [0.4, 0.5) is 5.69 Å². The Kier molecular flexibility index (Phi) is 6.94. The molecule has 0 unspecified atom stereocenters. The molecule has 1 saturated heterocycles. The molecule has 2 amide bonds. The van der Waals surface area contributed by atoms with E-state index >= 15 is 0 Å². The van der Waals surface area contributed by atoms with E-state index in [9.17, 15) is 24.5 Å². The number of amides is 2. The fourth-order valence-corrected chi connectivity index (χ4v) is 4.56. The average Bonchev–Trinajstić information content (AvgIpc) is 3.23. The quantitative estimate of drug-likeness (QED) is 0.392. The molecule has 1 aliphatic heterocycles. The third-order valence-corrected chi connectivity index (χ3v) is 6.45. The number of carbonyl (C=O) groups excluding carboxylic acids is 3. The van der Waals surface area contributed by atoms with Crippen molar-refractivity contribution in [2.75, 3.05) is 20.2 Å². The molecular formula is C24H26N4O7. The van der Waals surface area contributed by atoms with Gasteiger partial charge >= 0.3 is 5.97 Å². The van der Waals surface area contributed by atoms with Crippen molar-refractivity contribution in [3.63, 3.8) is 0 Å². The molecule has 0 saturated carbocycles. The molecule has 0 bridgehead atoms. The minimum absolute atomic E-state index is 0.120. The maximum Gasteiger partial charge on any atom is 0.308 e. The number of hydrogen-bond acceptors (Lipinski definition) is 8. The Morgan fingerprint density at radius 2 is 1.97 bits per heavy atom. The third kappa shape index (κ3) is 4.93. The molecule has 0 spiro atoms. The van der Waals surface area contributed by atoms with Crippen LogP contribution in [-0.2, 0) is 16.0 Å². The number of fused-ring (bicyclic) bond motifs is 1. The number of non-ortho nitro benzene ring substituents is 1. The number of hydrogen-bond donors (Lipinski definition) is 1. The van der Waals surface area contributed by atoms with Gasteiger partial charge in [0.2, 0.25) is 0 Å². The summed E-state index contributed by atoms with van der Waals surface area (Å²) >= 11 is 0. The lowest BCUT2D eigenvalue weighted by Gasteiger charge is -2.30. The summed E-state index contributed by atoms with van der Waals surface area (Å²) in [5.41, 5.74) is 4.37. The second kappa shape index (κ2) is 10.1. The molecule has 11 heteroatoms. The zero-order valence-electron chi connectivity index (χ0n) is 19.5. The van der Waals surface area contributed by atoms with E-state index in [1.165, 1.54) is 31.4 Å². The number of hydrazone groups is 1. The molecule has 2 aliphatic rings. The first-order valence-electron chi connectivity index (χ1n) is 11.4. The highest BCUT2D eigenvalue weighted by Gasteiger charge is 2.33. The number of aryl methyl sites for hydroxylation is 1. The number of nitrogens with one attached hydrogen (secondary N) is 1. The molecule has 1 aromatic heterocycles. The lowest BCUT2D eigenvalue weighted by atomic mass is 9.93. The number of benzene rings is 1. The molecule has 1 aromatic carbocycles. The van der Waals surface area contributed by atoms with E-state index in [-0.39, 0.29) is 34.8 Å². The number of likely N-dealkylation sites (tertiary alicyclic amines) is 1. The van der Waals surface area contributed by atoms with Gasteiger partial charge in [0.1, 0.15) is 5.76 Å². The number of rotatable bonds is 5. The Morgan fingerprint density at radius 1 is 1.23 bits per heavy atom. The Hall–Kier alpha value is -4.02. The van der Waals surface area contributed by atoms with Crippen LogP contribution in [0.1, 0.15) is 63.5 Å². The monoisotopic (exact) mass is 482 g/mol. The summed E-state index contributed by atoms with van der Waals surface area (Å²) in [5.74, 6) is -0.381. The molecule has 1 N–H and O–H groups in total. The molecule has 2 aromatic rings. The van der Waals surface area contributed by atoms with Crippen LogP contribution in [0, 0.1) is 23.0 Å². The van der Waals surface area contributed by atoms with E-state index in [0.717, 1.165) is 6.42 Å². The highest BCUT2D eigenvalue weighted by atomic mass is 16.6. The van der Waals surface area contributed by atoms with Gasteiger partial charge in [0.25, 0.3) is 17.5 Å². The molecule has 1 fully saturated rings. The largest absolute Gasteiger partial charge is 0.469 e. The van der Waals surface area contributed by atoms with Crippen LogP contribution < -0.4 is 5.43 Å². The lowest BCUT2D eigenvalue weighted by molar-refractivity contribution is -0.384. The number of nitrogens with zero attached hydrogens (tertiary/aromatic N) is 3. The number of carbonyl (C=O) groups is 3. The highest BCUT2D eigenvalue weighted by Crippen LogP contribution is 2.31. The standard InChI is InChI=1S/C24H26N4O7/c1-14-20-18(25-26-22(29)16-5-3-6-17(13-16)28(32)33)7-4-8-19(20)35-21(14)23(30)27-11-9-15(10-12-27)24(31)34-2/h3,5-6,13,15H,4,7-12H2,1-2H3,(H,26,29)/b25-18+. The summed E-state index contributed by atoms with van der Waals surface area (Å²) in [6.45, 7) is 2.66. The Balaban J connectivity index is 1.50. The molecule has 0 atom stereocenters. The van der Waals surface area contributed by atoms with Gasteiger partial charge in [-0.1, -0.05) is 6.07 Å². The second-order valence-corrected chi connectivity index (χ2v) is 8.60. The van der Waals surface area contributed by atoms with Gasteiger partial charge in [-0.15, -0.1) is 0 Å². The zero-order chi connectivity index (χ0) is 25.1. The van der Waals surface area contributed by atoms with Crippen molar-refractivity contribution >= 4 is 29.2 Å². The predicted molar refractivity (Wildman–Crippen MR) is 124 cm³/mol. The van der Waals surface area contributed by atoms with Crippen LogP contribution in [0.25, 0.3) is 0 Å². The summed E-state index contributed by atoms with van der Waals surface area (Å²) in [7, 11) is 1.36. The maximum atomic E-state index is 13.2. The number of furan rings is 1. The predicted octanol–water partition coefficient (Wildman–Crippen LogP) is 2.99. The number of piperidine rings is 1. The van der Waals surface area contributed by atoms with Crippen molar-refractivity contribution in [3.05, 3.63) is 62.6 Å². The first-order chi connectivity index (χ1) is 16.8. The van der Waals surface area contributed by atoms with Crippen molar-refractivity contribution in [1.82, 2.24) is 10.3 Å². The topological polar surface area (TPSA) is 144 Å². The van der Waals surface area contributed by atoms with E-state index in [1.807, 2.05) is 0 Å². The molecule has 0 radical (unpaired) electrons. The van der Waals surface area contributed by atoms with Crippen LogP contribution in [0.5, 0.6) is 0 Å². The third-order valence-electron chi connectivity index (χ3n) is 6.45. The van der Waals surface area contributed by atoms with Crippen molar-refractivity contribution in [1.29, 1.82) is 0 Å². The summed E-state index contributed by atoms with van der Waals surface area (Å²) in [5, 5.41) is 15.2. The van der Waals surface area contributed by atoms with E-state index in [1.54, 1.807) is 11.8 Å². The molecule has 4 rings (SSSR count). The molecule has 184 valence electrons. The number of methoxy groups -OCH3 is 1. The van der Waals surface area contributed by atoms with E-state index in [4.69, 9.17) is 9.15 Å².